The zero-order valence-corrected chi connectivity index (χ0v) is 10.7. The molecule has 1 N–H and O–H groups in total. The van der Waals surface area contributed by atoms with Crippen LogP contribution in [0.2, 0.25) is 0 Å². The number of hydrogen-bond acceptors (Lipinski definition) is 2. The number of amides is 1. The smallest absolute Gasteiger partial charge is 0.271 e. The van der Waals surface area contributed by atoms with Gasteiger partial charge in [-0.15, -0.1) is 11.6 Å². The Hall–Kier alpha value is -0.610. The Kier molecular flexibility index (Phi) is 5.05. The number of hydrogen-bond donors (Lipinski definition) is 1. The molecule has 0 aliphatic heterocycles. The lowest BCUT2D eigenvalue weighted by atomic mass is 10.2. The first kappa shape index (κ1) is 12.5. The van der Waals surface area contributed by atoms with Gasteiger partial charge in [-0.3, -0.25) is 4.79 Å². The van der Waals surface area contributed by atoms with Gasteiger partial charge in [-0.1, -0.05) is 6.92 Å². The van der Waals surface area contributed by atoms with Crippen LogP contribution in [0.4, 0.5) is 0 Å². The van der Waals surface area contributed by atoms with E-state index in [0.717, 1.165) is 0 Å². The van der Waals surface area contributed by atoms with Crippen molar-refractivity contribution in [2.75, 3.05) is 12.4 Å². The minimum absolute atomic E-state index is 0.181. The summed E-state index contributed by atoms with van der Waals surface area (Å²) in [5.41, 5.74) is 0.402. The molecule has 1 amide bonds. The number of nitrogens with one attached hydrogen (secondary N) is 1. The van der Waals surface area contributed by atoms with E-state index in [1.807, 2.05) is 6.92 Å². The molecule has 0 saturated carbocycles. The fourth-order valence-electron chi connectivity index (χ4n) is 0.958. The Bertz CT molecular complexity index is 346. The summed E-state index contributed by atoms with van der Waals surface area (Å²) in [4.78, 5) is 15.6. The van der Waals surface area contributed by atoms with Crippen molar-refractivity contribution < 1.29 is 4.79 Å². The van der Waals surface area contributed by atoms with Gasteiger partial charge in [0.25, 0.3) is 5.91 Å². The average Bonchev–Trinajstić information content (AvgIpc) is 2.26. The molecule has 0 saturated heterocycles. The van der Waals surface area contributed by atoms with Crippen LogP contribution in [-0.2, 0) is 0 Å². The highest BCUT2D eigenvalue weighted by Crippen LogP contribution is 2.12. The number of nitrogens with zero attached hydrogens (tertiary/aromatic N) is 1. The van der Waals surface area contributed by atoms with Crippen LogP contribution in [0.1, 0.15) is 17.4 Å². The zero-order chi connectivity index (χ0) is 11.3. The quantitative estimate of drug-likeness (QED) is 0.866. The number of aromatic nitrogens is 1. The molecule has 0 bridgehead atoms. The molecule has 1 rings (SSSR count). The van der Waals surface area contributed by atoms with E-state index in [4.69, 9.17) is 11.6 Å². The van der Waals surface area contributed by atoms with Crippen LogP contribution in [0.5, 0.6) is 0 Å². The Balaban J connectivity index is 2.58. The van der Waals surface area contributed by atoms with Gasteiger partial charge in [0.15, 0.2) is 0 Å². The molecule has 1 atom stereocenters. The number of halogens is 2. The summed E-state index contributed by atoms with van der Waals surface area (Å²) in [5.74, 6) is 0.612. The molecule has 3 nitrogen and oxygen atoms in total. The molecular weight excluding hydrogens is 279 g/mol. The minimum atomic E-state index is -0.181. The molecule has 0 aromatic carbocycles. The van der Waals surface area contributed by atoms with Gasteiger partial charge in [-0.25, -0.2) is 4.98 Å². The molecule has 82 valence electrons. The summed E-state index contributed by atoms with van der Waals surface area (Å²) in [6, 6.07) is 3.55. The van der Waals surface area contributed by atoms with Gasteiger partial charge in [0.1, 0.15) is 5.69 Å². The molecular formula is C10H12BrClN2O. The van der Waals surface area contributed by atoms with Crippen LogP contribution in [0.3, 0.4) is 0 Å². The summed E-state index contributed by atoms with van der Waals surface area (Å²) < 4.78 is 0.695. The zero-order valence-electron chi connectivity index (χ0n) is 8.34. The summed E-state index contributed by atoms with van der Waals surface area (Å²) in [5, 5.41) is 2.77. The van der Waals surface area contributed by atoms with Crippen molar-refractivity contribution >= 4 is 33.4 Å². The van der Waals surface area contributed by atoms with Crippen LogP contribution in [0, 0.1) is 5.92 Å². The maximum atomic E-state index is 11.6. The predicted molar refractivity (Wildman–Crippen MR) is 64.2 cm³/mol. The van der Waals surface area contributed by atoms with E-state index in [9.17, 15) is 4.79 Å². The summed E-state index contributed by atoms with van der Waals surface area (Å²) in [6.45, 7) is 2.53. The van der Waals surface area contributed by atoms with Crippen LogP contribution in [-0.4, -0.2) is 23.3 Å². The van der Waals surface area contributed by atoms with E-state index in [1.165, 1.54) is 0 Å². The predicted octanol–water partition coefficient (Wildman–Crippen LogP) is 2.45. The third-order valence-electron chi connectivity index (χ3n) is 1.85. The molecule has 1 aromatic heterocycles. The number of carbonyl (C=O) groups is 1. The van der Waals surface area contributed by atoms with Gasteiger partial charge < -0.3 is 5.32 Å². The molecule has 15 heavy (non-hydrogen) atoms. The standard InChI is InChI=1S/C10H12BrClN2O/c1-7(5-12)6-14-10(15)9-8(11)3-2-4-13-9/h2-4,7H,5-6H2,1H3,(H,14,15). The molecule has 0 fully saturated rings. The largest absolute Gasteiger partial charge is 0.350 e. The van der Waals surface area contributed by atoms with E-state index in [1.54, 1.807) is 18.3 Å². The van der Waals surface area contributed by atoms with E-state index < -0.39 is 0 Å². The molecule has 0 radical (unpaired) electrons. The van der Waals surface area contributed by atoms with Gasteiger partial charge in [-0.05, 0) is 34.0 Å². The van der Waals surface area contributed by atoms with E-state index in [-0.39, 0.29) is 11.8 Å². The second-order valence-electron chi connectivity index (χ2n) is 3.30. The Labute approximate surface area is 102 Å². The summed E-state index contributed by atoms with van der Waals surface area (Å²) >= 11 is 8.91. The van der Waals surface area contributed by atoms with Crippen molar-refractivity contribution in [2.24, 2.45) is 5.92 Å². The lowest BCUT2D eigenvalue weighted by molar-refractivity contribution is 0.0943. The Morgan fingerprint density at radius 3 is 3.07 bits per heavy atom. The van der Waals surface area contributed by atoms with Gasteiger partial charge in [0.05, 0.1) is 0 Å². The third kappa shape index (κ3) is 3.80. The molecule has 0 aliphatic carbocycles. The monoisotopic (exact) mass is 290 g/mol. The number of alkyl halides is 1. The lowest BCUT2D eigenvalue weighted by Gasteiger charge is -2.09. The van der Waals surface area contributed by atoms with Crippen molar-refractivity contribution in [1.29, 1.82) is 0 Å². The first-order valence-electron chi connectivity index (χ1n) is 4.59. The first-order valence-corrected chi connectivity index (χ1v) is 5.92. The van der Waals surface area contributed by atoms with Crippen LogP contribution < -0.4 is 5.32 Å². The van der Waals surface area contributed by atoms with Crippen LogP contribution >= 0.6 is 27.5 Å². The maximum Gasteiger partial charge on any atom is 0.271 e. The van der Waals surface area contributed by atoms with E-state index >= 15 is 0 Å². The Morgan fingerprint density at radius 2 is 2.47 bits per heavy atom. The highest BCUT2D eigenvalue weighted by Gasteiger charge is 2.11. The summed E-state index contributed by atoms with van der Waals surface area (Å²) in [6.07, 6.45) is 1.59. The minimum Gasteiger partial charge on any atom is -0.350 e. The normalized spacial score (nSPS) is 12.2. The van der Waals surface area contributed by atoms with Gasteiger partial charge in [0, 0.05) is 23.1 Å². The third-order valence-corrected chi connectivity index (χ3v) is 3.01. The maximum absolute atomic E-state index is 11.6. The van der Waals surface area contributed by atoms with Gasteiger partial charge in [-0.2, -0.15) is 0 Å². The average molecular weight is 292 g/mol. The lowest BCUT2D eigenvalue weighted by Crippen LogP contribution is -2.29. The molecule has 1 unspecified atom stereocenters. The van der Waals surface area contributed by atoms with Crippen molar-refractivity contribution in [1.82, 2.24) is 10.3 Å². The number of rotatable bonds is 4. The topological polar surface area (TPSA) is 42.0 Å². The SMILES string of the molecule is CC(CCl)CNC(=O)c1ncccc1Br. The highest BCUT2D eigenvalue weighted by atomic mass is 79.9. The molecule has 1 aromatic rings. The van der Waals surface area contributed by atoms with E-state index in [2.05, 4.69) is 26.2 Å². The molecule has 0 spiro atoms. The van der Waals surface area contributed by atoms with Crippen LogP contribution in [0.25, 0.3) is 0 Å². The van der Waals surface area contributed by atoms with Crippen molar-refractivity contribution in [3.05, 3.63) is 28.5 Å². The highest BCUT2D eigenvalue weighted by molar-refractivity contribution is 9.10. The second kappa shape index (κ2) is 6.08. The van der Waals surface area contributed by atoms with Crippen molar-refractivity contribution in [3.8, 4) is 0 Å². The molecule has 5 heteroatoms. The summed E-state index contributed by atoms with van der Waals surface area (Å²) in [7, 11) is 0. The van der Waals surface area contributed by atoms with Crippen LogP contribution in [0.15, 0.2) is 22.8 Å². The van der Waals surface area contributed by atoms with Crippen molar-refractivity contribution in [2.45, 2.75) is 6.92 Å². The number of pyridine rings is 1. The van der Waals surface area contributed by atoms with Crippen molar-refractivity contribution in [3.63, 3.8) is 0 Å². The van der Waals surface area contributed by atoms with Gasteiger partial charge >= 0.3 is 0 Å². The molecule has 1 heterocycles. The first-order chi connectivity index (χ1) is 7.15. The Morgan fingerprint density at radius 1 is 1.73 bits per heavy atom. The molecule has 0 aliphatic rings. The second-order valence-corrected chi connectivity index (χ2v) is 4.47. The van der Waals surface area contributed by atoms with E-state index in [0.29, 0.717) is 22.6 Å². The fraction of sp³-hybridized carbons (Fsp3) is 0.400. The number of carbonyl (C=O) groups excluding carboxylic acids is 1. The van der Waals surface area contributed by atoms with Gasteiger partial charge in [0.2, 0.25) is 0 Å². The fourth-order valence-corrected chi connectivity index (χ4v) is 1.50.